The van der Waals surface area contributed by atoms with Crippen LogP contribution in [0.25, 0.3) is 0 Å². The van der Waals surface area contributed by atoms with E-state index in [-0.39, 0.29) is 35.1 Å². The first kappa shape index (κ1) is 23.8. The van der Waals surface area contributed by atoms with E-state index in [0.29, 0.717) is 10.8 Å². The van der Waals surface area contributed by atoms with Gasteiger partial charge in [-0.2, -0.15) is 0 Å². The van der Waals surface area contributed by atoms with Gasteiger partial charge in [-0.25, -0.2) is 4.79 Å². The molecule has 0 aliphatic rings. The summed E-state index contributed by atoms with van der Waals surface area (Å²) in [5.41, 5.74) is 0.177. The van der Waals surface area contributed by atoms with Crippen molar-refractivity contribution in [3.63, 3.8) is 0 Å². The normalized spacial score (nSPS) is 10.5. The van der Waals surface area contributed by atoms with Gasteiger partial charge in [0.25, 0.3) is 5.91 Å². The van der Waals surface area contributed by atoms with Crippen LogP contribution in [0.4, 0.5) is 5.69 Å². The Kier molecular flexibility index (Phi) is 8.27. The number of thioether (sulfide) groups is 1. The number of aromatic carboxylic acids is 1. The van der Waals surface area contributed by atoms with Crippen molar-refractivity contribution >= 4 is 52.5 Å². The number of ether oxygens (including phenoxy) is 2. The zero-order chi connectivity index (χ0) is 23.1. The summed E-state index contributed by atoms with van der Waals surface area (Å²) in [6.07, 6.45) is 1.97. The van der Waals surface area contributed by atoms with Crippen LogP contribution in [0.1, 0.15) is 20.7 Å². The minimum absolute atomic E-state index is 0.116. The molecule has 0 aliphatic carbocycles. The highest BCUT2D eigenvalue weighted by atomic mass is 35.5. The summed E-state index contributed by atoms with van der Waals surface area (Å²) in [7, 11) is 0. The number of rotatable bonds is 9. The standard InChI is InChI=1S/C23H19Cl2NO5S/c1-32-21-5-3-2-4-20(21)31-11-10-30-15-7-9-19(17(13-15)23(28)29)26-22(27)16-8-6-14(24)12-18(16)25/h2-9,12-13H,10-11H2,1H3,(H,26,27)(H,28,29). The minimum Gasteiger partial charge on any atom is -0.490 e. The molecule has 0 saturated heterocycles. The lowest BCUT2D eigenvalue weighted by atomic mass is 10.1. The second-order valence-corrected chi connectivity index (χ2v) is 8.13. The van der Waals surface area contributed by atoms with Gasteiger partial charge in [-0.05, 0) is 54.8 Å². The number of carboxylic acids is 1. The Labute approximate surface area is 199 Å². The van der Waals surface area contributed by atoms with E-state index >= 15 is 0 Å². The quantitative estimate of drug-likeness (QED) is 0.276. The molecule has 1 amide bonds. The summed E-state index contributed by atoms with van der Waals surface area (Å²) in [4.78, 5) is 25.2. The molecule has 0 spiro atoms. The topological polar surface area (TPSA) is 84.9 Å². The first-order valence-electron chi connectivity index (χ1n) is 9.41. The highest BCUT2D eigenvalue weighted by Gasteiger charge is 2.17. The zero-order valence-corrected chi connectivity index (χ0v) is 19.3. The molecule has 0 aromatic heterocycles. The van der Waals surface area contributed by atoms with Crippen molar-refractivity contribution in [2.45, 2.75) is 4.90 Å². The third kappa shape index (κ3) is 6.09. The maximum Gasteiger partial charge on any atom is 0.337 e. The Morgan fingerprint density at radius 3 is 2.44 bits per heavy atom. The molecule has 0 atom stereocenters. The van der Waals surface area contributed by atoms with E-state index in [0.717, 1.165) is 10.6 Å². The summed E-state index contributed by atoms with van der Waals surface area (Å²) < 4.78 is 11.4. The van der Waals surface area contributed by atoms with Crippen molar-refractivity contribution in [1.82, 2.24) is 0 Å². The van der Waals surface area contributed by atoms with Gasteiger partial charge in [0.2, 0.25) is 0 Å². The monoisotopic (exact) mass is 491 g/mol. The van der Waals surface area contributed by atoms with E-state index < -0.39 is 11.9 Å². The average molecular weight is 492 g/mol. The van der Waals surface area contributed by atoms with Gasteiger partial charge in [-0.15, -0.1) is 11.8 Å². The molecule has 0 bridgehead atoms. The summed E-state index contributed by atoms with van der Waals surface area (Å²) in [6.45, 7) is 0.501. The van der Waals surface area contributed by atoms with Crippen LogP contribution in [0.2, 0.25) is 10.0 Å². The average Bonchev–Trinajstić information content (AvgIpc) is 2.77. The third-order valence-electron chi connectivity index (χ3n) is 4.32. The predicted molar refractivity (Wildman–Crippen MR) is 127 cm³/mol. The number of hydrogen-bond donors (Lipinski definition) is 2. The van der Waals surface area contributed by atoms with Gasteiger partial charge in [0.1, 0.15) is 24.7 Å². The Balaban J connectivity index is 1.65. The van der Waals surface area contributed by atoms with Gasteiger partial charge in [0.05, 0.1) is 21.8 Å². The van der Waals surface area contributed by atoms with Gasteiger partial charge < -0.3 is 19.9 Å². The summed E-state index contributed by atoms with van der Waals surface area (Å²) in [5.74, 6) is -0.665. The molecule has 32 heavy (non-hydrogen) atoms. The van der Waals surface area contributed by atoms with E-state index in [2.05, 4.69) is 5.32 Å². The third-order valence-corrected chi connectivity index (χ3v) is 5.65. The van der Waals surface area contributed by atoms with Crippen molar-refractivity contribution in [3.05, 3.63) is 81.8 Å². The summed E-state index contributed by atoms with van der Waals surface area (Å²) >= 11 is 13.5. The van der Waals surface area contributed by atoms with Gasteiger partial charge in [0.15, 0.2) is 0 Å². The zero-order valence-electron chi connectivity index (χ0n) is 16.9. The van der Waals surface area contributed by atoms with Crippen molar-refractivity contribution in [2.24, 2.45) is 0 Å². The van der Waals surface area contributed by atoms with Crippen molar-refractivity contribution in [2.75, 3.05) is 24.8 Å². The van der Waals surface area contributed by atoms with Crippen LogP contribution in [0, 0.1) is 0 Å². The second kappa shape index (κ2) is 11.1. The van der Waals surface area contributed by atoms with E-state index in [1.807, 2.05) is 30.5 Å². The number of amides is 1. The van der Waals surface area contributed by atoms with Crippen LogP contribution in [0.3, 0.4) is 0 Å². The lowest BCUT2D eigenvalue weighted by Gasteiger charge is -2.13. The maximum absolute atomic E-state index is 12.5. The van der Waals surface area contributed by atoms with Crippen molar-refractivity contribution < 1.29 is 24.2 Å². The molecule has 166 valence electrons. The number of para-hydroxylation sites is 1. The predicted octanol–water partition coefficient (Wildman–Crippen LogP) is 6.12. The first-order chi connectivity index (χ1) is 15.4. The molecule has 0 saturated carbocycles. The molecule has 0 aliphatic heterocycles. The minimum atomic E-state index is -1.21. The molecule has 9 heteroatoms. The molecule has 3 aromatic carbocycles. The molecule has 0 radical (unpaired) electrons. The van der Waals surface area contributed by atoms with Gasteiger partial charge in [-0.1, -0.05) is 35.3 Å². The maximum atomic E-state index is 12.5. The number of carboxylic acid groups (broad SMARTS) is 1. The largest absolute Gasteiger partial charge is 0.490 e. The van der Waals surface area contributed by atoms with Crippen LogP contribution >= 0.6 is 35.0 Å². The number of hydrogen-bond acceptors (Lipinski definition) is 5. The number of halogens is 2. The Morgan fingerprint density at radius 2 is 1.72 bits per heavy atom. The van der Waals surface area contributed by atoms with E-state index in [4.69, 9.17) is 32.7 Å². The van der Waals surface area contributed by atoms with Gasteiger partial charge in [-0.3, -0.25) is 4.79 Å². The van der Waals surface area contributed by atoms with Gasteiger partial charge in [0, 0.05) is 9.92 Å². The fraction of sp³-hybridized carbons (Fsp3) is 0.130. The molecule has 0 heterocycles. The highest BCUT2D eigenvalue weighted by Crippen LogP contribution is 2.28. The molecule has 6 nitrogen and oxygen atoms in total. The molecular weight excluding hydrogens is 473 g/mol. The lowest BCUT2D eigenvalue weighted by Crippen LogP contribution is -2.16. The lowest BCUT2D eigenvalue weighted by molar-refractivity contribution is 0.0697. The molecule has 2 N–H and O–H groups in total. The van der Waals surface area contributed by atoms with E-state index in [1.165, 1.54) is 30.3 Å². The van der Waals surface area contributed by atoms with Crippen LogP contribution in [-0.4, -0.2) is 36.5 Å². The molecule has 3 rings (SSSR count). The number of nitrogens with one attached hydrogen (secondary N) is 1. The number of anilines is 1. The highest BCUT2D eigenvalue weighted by molar-refractivity contribution is 7.98. The van der Waals surface area contributed by atoms with Crippen molar-refractivity contribution in [3.8, 4) is 11.5 Å². The first-order valence-corrected chi connectivity index (χ1v) is 11.4. The number of carbonyl (C=O) groups is 2. The number of benzene rings is 3. The van der Waals surface area contributed by atoms with Crippen LogP contribution in [0.5, 0.6) is 11.5 Å². The Morgan fingerprint density at radius 1 is 0.969 bits per heavy atom. The molecule has 0 fully saturated rings. The fourth-order valence-corrected chi connectivity index (χ4v) is 3.85. The summed E-state index contributed by atoms with van der Waals surface area (Å²) in [6, 6.07) is 16.5. The fourth-order valence-electron chi connectivity index (χ4n) is 2.81. The Bertz CT molecular complexity index is 1140. The van der Waals surface area contributed by atoms with E-state index in [1.54, 1.807) is 17.8 Å². The van der Waals surface area contributed by atoms with Crippen molar-refractivity contribution in [1.29, 1.82) is 0 Å². The number of carbonyl (C=O) groups excluding carboxylic acids is 1. The van der Waals surface area contributed by atoms with E-state index in [9.17, 15) is 14.7 Å². The summed E-state index contributed by atoms with van der Waals surface area (Å²) in [5, 5.41) is 12.7. The SMILES string of the molecule is CSc1ccccc1OCCOc1ccc(NC(=O)c2ccc(Cl)cc2Cl)c(C(=O)O)c1. The van der Waals surface area contributed by atoms with Crippen LogP contribution in [-0.2, 0) is 0 Å². The molecule has 0 unspecified atom stereocenters. The van der Waals surface area contributed by atoms with Crippen LogP contribution < -0.4 is 14.8 Å². The van der Waals surface area contributed by atoms with Crippen LogP contribution in [0.15, 0.2) is 65.6 Å². The second-order valence-electron chi connectivity index (χ2n) is 6.44. The molecular formula is C23H19Cl2NO5S. The Hall–Kier alpha value is -2.87. The molecule has 3 aromatic rings. The van der Waals surface area contributed by atoms with Gasteiger partial charge >= 0.3 is 5.97 Å². The smallest absolute Gasteiger partial charge is 0.337 e.